The zero-order chi connectivity index (χ0) is 10.3. The van der Waals surface area contributed by atoms with Crippen LogP contribution in [0, 0.1) is 0 Å². The van der Waals surface area contributed by atoms with Crippen LogP contribution in [0.5, 0.6) is 0 Å². The van der Waals surface area contributed by atoms with Crippen LogP contribution in [0.4, 0.5) is 4.79 Å². The Morgan fingerprint density at radius 1 is 1.54 bits per heavy atom. The molecule has 0 saturated carbocycles. The first kappa shape index (κ1) is 11.4. The van der Waals surface area contributed by atoms with Crippen molar-refractivity contribution in [2.45, 2.75) is 18.9 Å². The smallest absolute Gasteiger partial charge is 0.315 e. The van der Waals surface area contributed by atoms with Crippen molar-refractivity contribution in [3.8, 4) is 0 Å². The third kappa shape index (κ3) is 5.66. The van der Waals surface area contributed by atoms with Gasteiger partial charge in [-0.1, -0.05) is 0 Å². The Morgan fingerprint density at radius 3 is 2.54 bits per heavy atom. The van der Waals surface area contributed by atoms with Gasteiger partial charge in [0.15, 0.2) is 0 Å². The maximum absolute atomic E-state index is 10.7. The topological polar surface area (TPSA) is 95.5 Å². The fourth-order valence-corrected chi connectivity index (χ4v) is 0.694. The van der Waals surface area contributed by atoms with Gasteiger partial charge in [0.25, 0.3) is 0 Å². The summed E-state index contributed by atoms with van der Waals surface area (Å²) in [7, 11) is 1.41. The molecule has 2 amide bonds. The minimum atomic E-state index is -0.995. The molecule has 0 aliphatic heterocycles. The van der Waals surface area contributed by atoms with E-state index in [1.165, 1.54) is 7.05 Å². The van der Waals surface area contributed by atoms with Gasteiger partial charge in [-0.3, -0.25) is 4.79 Å². The number of carbonyl (C=O) groups excluding carboxylic acids is 2. The number of hydrogen-bond acceptors (Lipinski definition) is 3. The van der Waals surface area contributed by atoms with Crippen LogP contribution in [0.1, 0.15) is 12.8 Å². The monoisotopic (exact) mass is 188 g/mol. The van der Waals surface area contributed by atoms with Crippen molar-refractivity contribution < 1.29 is 19.5 Å². The van der Waals surface area contributed by atoms with Crippen LogP contribution in [0.2, 0.25) is 0 Å². The first-order valence-electron chi connectivity index (χ1n) is 3.75. The van der Waals surface area contributed by atoms with Crippen molar-refractivity contribution in [3.63, 3.8) is 0 Å². The Hall–Kier alpha value is -1.59. The number of amides is 2. The summed E-state index contributed by atoms with van der Waals surface area (Å²) in [6.45, 7) is 0. The van der Waals surface area contributed by atoms with E-state index in [9.17, 15) is 14.4 Å². The molecule has 0 spiro atoms. The summed E-state index contributed by atoms with van der Waals surface area (Å²) in [5.41, 5.74) is 0. The van der Waals surface area contributed by atoms with E-state index in [0.29, 0.717) is 6.29 Å². The third-order valence-corrected chi connectivity index (χ3v) is 1.38. The Labute approximate surface area is 75.3 Å². The number of carbonyl (C=O) groups is 3. The van der Waals surface area contributed by atoms with E-state index in [2.05, 4.69) is 10.6 Å². The molecule has 0 rings (SSSR count). The summed E-state index contributed by atoms with van der Waals surface area (Å²) in [4.78, 5) is 31.2. The van der Waals surface area contributed by atoms with E-state index >= 15 is 0 Å². The van der Waals surface area contributed by atoms with Crippen molar-refractivity contribution >= 4 is 18.3 Å². The molecule has 0 aliphatic rings. The largest absolute Gasteiger partial charge is 0.481 e. The highest BCUT2D eigenvalue weighted by atomic mass is 16.4. The minimum Gasteiger partial charge on any atom is -0.481 e. The molecule has 74 valence electrons. The molecule has 0 aromatic rings. The standard InChI is InChI=1S/C7H12N2O4/c1-8-7(13)9-5(4-10)2-3-6(11)12/h4-5H,2-3H2,1H3,(H,11,12)(H2,8,9,13)/t5-/m0/s1. The Kier molecular flexibility index (Phi) is 5.25. The number of rotatable bonds is 5. The zero-order valence-corrected chi connectivity index (χ0v) is 7.24. The van der Waals surface area contributed by atoms with Gasteiger partial charge in [-0.2, -0.15) is 0 Å². The van der Waals surface area contributed by atoms with Crippen LogP contribution in [-0.2, 0) is 9.59 Å². The molecule has 3 N–H and O–H groups in total. The van der Waals surface area contributed by atoms with Crippen molar-refractivity contribution in [2.75, 3.05) is 7.05 Å². The second kappa shape index (κ2) is 5.99. The number of urea groups is 1. The SMILES string of the molecule is CNC(=O)N[C@H](C=O)CCC(=O)O. The normalized spacial score (nSPS) is 11.5. The van der Waals surface area contributed by atoms with Crippen LogP contribution >= 0.6 is 0 Å². The fourth-order valence-electron chi connectivity index (χ4n) is 0.694. The fraction of sp³-hybridized carbons (Fsp3) is 0.571. The van der Waals surface area contributed by atoms with E-state index in [-0.39, 0.29) is 12.8 Å². The molecule has 0 heterocycles. The minimum absolute atomic E-state index is 0.103. The molecule has 0 bridgehead atoms. The van der Waals surface area contributed by atoms with Crippen LogP contribution in [0.3, 0.4) is 0 Å². The van der Waals surface area contributed by atoms with Crippen LogP contribution in [-0.4, -0.2) is 36.5 Å². The molecule has 6 heteroatoms. The van der Waals surface area contributed by atoms with Gasteiger partial charge >= 0.3 is 12.0 Å². The van der Waals surface area contributed by atoms with Crippen molar-refractivity contribution in [1.29, 1.82) is 0 Å². The third-order valence-electron chi connectivity index (χ3n) is 1.38. The van der Waals surface area contributed by atoms with E-state index < -0.39 is 18.0 Å². The summed E-state index contributed by atoms with van der Waals surface area (Å²) in [5, 5.41) is 12.9. The molecule has 0 aliphatic carbocycles. The second-order valence-corrected chi connectivity index (χ2v) is 2.40. The quantitative estimate of drug-likeness (QED) is 0.499. The van der Waals surface area contributed by atoms with Gasteiger partial charge in [0.1, 0.15) is 6.29 Å². The molecule has 6 nitrogen and oxygen atoms in total. The molecule has 13 heavy (non-hydrogen) atoms. The van der Waals surface area contributed by atoms with Gasteiger partial charge in [-0.25, -0.2) is 4.79 Å². The van der Waals surface area contributed by atoms with Gasteiger partial charge in [0.2, 0.25) is 0 Å². The molecule has 0 unspecified atom stereocenters. The Morgan fingerprint density at radius 2 is 2.15 bits per heavy atom. The average molecular weight is 188 g/mol. The highest BCUT2D eigenvalue weighted by molar-refractivity contribution is 5.78. The van der Waals surface area contributed by atoms with Gasteiger partial charge < -0.3 is 20.5 Å². The molecule has 0 aromatic carbocycles. The van der Waals surface area contributed by atoms with Gasteiger partial charge in [0.05, 0.1) is 6.04 Å². The summed E-state index contributed by atoms with van der Waals surface area (Å²) < 4.78 is 0. The van der Waals surface area contributed by atoms with E-state index in [1.54, 1.807) is 0 Å². The van der Waals surface area contributed by atoms with E-state index in [0.717, 1.165) is 0 Å². The molecule has 0 aromatic heterocycles. The molecule has 1 atom stereocenters. The van der Waals surface area contributed by atoms with Crippen LogP contribution in [0.15, 0.2) is 0 Å². The molecular weight excluding hydrogens is 176 g/mol. The maximum atomic E-state index is 10.7. The predicted molar refractivity (Wildman–Crippen MR) is 44.3 cm³/mol. The summed E-state index contributed by atoms with van der Waals surface area (Å²) >= 11 is 0. The summed E-state index contributed by atoms with van der Waals surface area (Å²) in [5.74, 6) is -0.995. The summed E-state index contributed by atoms with van der Waals surface area (Å²) in [6, 6.07) is -1.24. The number of carboxylic acid groups (broad SMARTS) is 1. The van der Waals surface area contributed by atoms with Gasteiger partial charge in [-0.05, 0) is 6.42 Å². The lowest BCUT2D eigenvalue weighted by atomic mass is 10.2. The number of hydrogen-bond donors (Lipinski definition) is 3. The van der Waals surface area contributed by atoms with Crippen molar-refractivity contribution in [3.05, 3.63) is 0 Å². The number of aldehydes is 1. The Bertz CT molecular complexity index is 205. The van der Waals surface area contributed by atoms with E-state index in [4.69, 9.17) is 5.11 Å². The lowest BCUT2D eigenvalue weighted by Gasteiger charge is -2.10. The number of aliphatic carboxylic acids is 1. The predicted octanol–water partition coefficient (Wildman–Crippen LogP) is -0.652. The van der Waals surface area contributed by atoms with Crippen LogP contribution < -0.4 is 10.6 Å². The summed E-state index contributed by atoms with van der Waals surface area (Å²) in [6.07, 6.45) is 0.470. The molecule has 0 radical (unpaired) electrons. The molecule has 0 saturated heterocycles. The maximum Gasteiger partial charge on any atom is 0.315 e. The number of carboxylic acids is 1. The Balaban J connectivity index is 3.82. The highest BCUT2D eigenvalue weighted by Gasteiger charge is 2.11. The lowest BCUT2D eigenvalue weighted by molar-refractivity contribution is -0.137. The highest BCUT2D eigenvalue weighted by Crippen LogP contribution is 1.94. The molecular formula is C7H12N2O4. The van der Waals surface area contributed by atoms with Gasteiger partial charge in [0, 0.05) is 13.5 Å². The van der Waals surface area contributed by atoms with E-state index in [1.807, 2.05) is 0 Å². The first-order valence-corrected chi connectivity index (χ1v) is 3.75. The second-order valence-electron chi connectivity index (χ2n) is 2.40. The van der Waals surface area contributed by atoms with Crippen molar-refractivity contribution in [2.24, 2.45) is 0 Å². The van der Waals surface area contributed by atoms with Crippen molar-refractivity contribution in [1.82, 2.24) is 10.6 Å². The zero-order valence-electron chi connectivity index (χ0n) is 7.24. The van der Waals surface area contributed by atoms with Gasteiger partial charge in [-0.15, -0.1) is 0 Å². The number of nitrogens with one attached hydrogen (secondary N) is 2. The lowest BCUT2D eigenvalue weighted by Crippen LogP contribution is -2.41. The molecule has 0 fully saturated rings. The first-order chi connectivity index (χ1) is 6.10. The average Bonchev–Trinajstić information content (AvgIpc) is 2.11. The van der Waals surface area contributed by atoms with Crippen LogP contribution in [0.25, 0.3) is 0 Å².